The summed E-state index contributed by atoms with van der Waals surface area (Å²) in [6.07, 6.45) is 9.97. The molecule has 0 bridgehead atoms. The fourth-order valence-electron chi connectivity index (χ4n) is 4.49. The Balaban J connectivity index is 0.00000153. The van der Waals surface area contributed by atoms with Gasteiger partial charge in [0.05, 0.1) is 0 Å². The van der Waals surface area contributed by atoms with Gasteiger partial charge in [0, 0.05) is 0 Å². The van der Waals surface area contributed by atoms with Gasteiger partial charge in [-0.05, 0) is 0 Å². The van der Waals surface area contributed by atoms with Gasteiger partial charge in [-0.15, -0.1) is 0 Å². The van der Waals surface area contributed by atoms with Gasteiger partial charge in [0.2, 0.25) is 0 Å². The molecule has 0 spiro atoms. The van der Waals surface area contributed by atoms with E-state index >= 15 is 0 Å². The summed E-state index contributed by atoms with van der Waals surface area (Å²) in [6, 6.07) is 4.72. The van der Waals surface area contributed by atoms with Crippen LogP contribution in [0.3, 0.4) is 0 Å². The molecule has 2 nitrogen and oxygen atoms in total. The topological polar surface area (TPSA) is 18.5 Å². The molecule has 2 radical (unpaired) electrons. The van der Waals surface area contributed by atoms with Crippen molar-refractivity contribution in [3.05, 3.63) is 17.5 Å². The summed E-state index contributed by atoms with van der Waals surface area (Å²) in [7, 11) is 0. The molecule has 208 valence electrons. The van der Waals surface area contributed by atoms with Crippen LogP contribution in [0.1, 0.15) is 79.1 Å². The fraction of sp³-hybridized carbons (Fsp3) is 0.677. The summed E-state index contributed by atoms with van der Waals surface area (Å²) < 4.78 is 17.6. The van der Waals surface area contributed by atoms with Crippen molar-refractivity contribution >= 4 is 85.3 Å². The van der Waals surface area contributed by atoms with Crippen molar-refractivity contribution in [1.29, 1.82) is 0 Å². The molecule has 0 aliphatic heterocycles. The summed E-state index contributed by atoms with van der Waals surface area (Å²) in [5.41, 5.74) is 0. The zero-order chi connectivity index (χ0) is 27.4. The summed E-state index contributed by atoms with van der Waals surface area (Å²) in [4.78, 5) is 12.1. The van der Waals surface area contributed by atoms with Crippen LogP contribution < -0.4 is 12.4 Å². The third-order valence-corrected chi connectivity index (χ3v) is 18.5. The van der Waals surface area contributed by atoms with Crippen LogP contribution >= 0.6 is 22.7 Å². The van der Waals surface area contributed by atoms with Gasteiger partial charge in [-0.25, -0.2) is 0 Å². The molecule has 0 aliphatic carbocycles. The zero-order valence-corrected chi connectivity index (χ0v) is 32.4. The predicted octanol–water partition coefficient (Wildman–Crippen LogP) is 10.6. The van der Waals surface area contributed by atoms with Crippen LogP contribution in [-0.4, -0.2) is 52.7 Å². The summed E-state index contributed by atoms with van der Waals surface area (Å²) in [5, 5.41) is 4.75. The average molecular weight is 758 g/mol. The van der Waals surface area contributed by atoms with Crippen molar-refractivity contribution in [2.75, 3.05) is 13.2 Å². The maximum absolute atomic E-state index is 6.71. The first-order valence-corrected chi connectivity index (χ1v) is 32.0. The average Bonchev–Trinajstić information content (AvgIpc) is 3.53. The Morgan fingerprint density at radius 2 is 1.32 bits per heavy atom. The Kier molecular flexibility index (Phi) is 15.6. The molecular formula is C31H52O2S2Sn2. The molecule has 0 aliphatic rings. The zero-order valence-electron chi connectivity index (χ0n) is 25.1. The van der Waals surface area contributed by atoms with E-state index in [1.807, 2.05) is 22.7 Å². The van der Waals surface area contributed by atoms with E-state index < -0.39 is 18.4 Å². The summed E-state index contributed by atoms with van der Waals surface area (Å²) in [6.45, 7) is 10.8. The molecular weight excluding hydrogens is 706 g/mol. The first-order valence-electron chi connectivity index (χ1n) is 14.6. The van der Waals surface area contributed by atoms with Gasteiger partial charge >= 0.3 is 253 Å². The number of ether oxygens (including phenoxy) is 2. The van der Waals surface area contributed by atoms with Crippen LogP contribution in [0, 0.1) is 11.8 Å². The van der Waals surface area contributed by atoms with Gasteiger partial charge in [-0.1, -0.05) is 0 Å². The first kappa shape index (κ1) is 33.5. The summed E-state index contributed by atoms with van der Waals surface area (Å²) >= 11 is 1.79. The monoisotopic (exact) mass is 760 g/mol. The summed E-state index contributed by atoms with van der Waals surface area (Å²) in [5.74, 6) is 3.48. The van der Waals surface area contributed by atoms with Crippen LogP contribution in [0.4, 0.5) is 0 Å². The minimum absolute atomic E-state index is 0.230. The normalized spacial score (nSPS) is 13.4. The van der Waals surface area contributed by atoms with Gasteiger partial charge in [0.15, 0.2) is 0 Å². The van der Waals surface area contributed by atoms with Gasteiger partial charge < -0.3 is 0 Å². The van der Waals surface area contributed by atoms with E-state index in [-0.39, 0.29) is 21.1 Å². The fourth-order valence-corrected chi connectivity index (χ4v) is 11.8. The van der Waals surface area contributed by atoms with Crippen LogP contribution in [0.25, 0.3) is 20.2 Å². The van der Waals surface area contributed by atoms with E-state index in [1.165, 1.54) is 71.5 Å². The molecule has 0 N–H and O–H groups in total. The van der Waals surface area contributed by atoms with Crippen molar-refractivity contribution in [3.63, 3.8) is 0 Å². The van der Waals surface area contributed by atoms with Crippen molar-refractivity contribution in [2.45, 2.75) is 104 Å². The molecule has 3 aromatic rings. The molecule has 0 saturated carbocycles. The first-order chi connectivity index (χ1) is 17.7. The predicted molar refractivity (Wildman–Crippen MR) is 175 cm³/mol. The van der Waals surface area contributed by atoms with E-state index in [1.54, 1.807) is 2.89 Å². The second-order valence-corrected chi connectivity index (χ2v) is 31.6. The van der Waals surface area contributed by atoms with Crippen LogP contribution in [0.15, 0.2) is 17.5 Å². The molecule has 37 heavy (non-hydrogen) atoms. The van der Waals surface area contributed by atoms with Gasteiger partial charge in [0.25, 0.3) is 0 Å². The standard InChI is InChI=1S/C26H37O2S2.5CH3.2Sn/c1-5-9-11-19(7-3)17-27-23-21-13-15-30-26(21)24(22-14-16-29-25(22)23)28-18-20(8-4)12-10-6-2;;;;;;;/h13-15,19-20H,5-12,17-18H2,1-4H3;5*1H3;;. The third kappa shape index (κ3) is 9.74. The quantitative estimate of drug-likeness (QED) is 0.144. The van der Waals surface area contributed by atoms with Crippen LogP contribution in [-0.2, 0) is 0 Å². The number of hydrogen-bond acceptors (Lipinski definition) is 4. The molecule has 0 saturated heterocycles. The maximum atomic E-state index is 6.71. The number of hydrogen-bond donors (Lipinski definition) is 0. The van der Waals surface area contributed by atoms with E-state index in [4.69, 9.17) is 9.47 Å². The number of rotatable bonds is 15. The Hall–Kier alpha value is 0.337. The molecule has 2 aromatic heterocycles. The minimum atomic E-state index is -2.24. The number of benzene rings is 1. The van der Waals surface area contributed by atoms with Crippen molar-refractivity contribution in [3.8, 4) is 11.5 Å². The van der Waals surface area contributed by atoms with Gasteiger partial charge in [0.1, 0.15) is 0 Å². The molecule has 6 heteroatoms. The number of fused-ring (bicyclic) bond motifs is 2. The number of unbranched alkanes of at least 4 members (excludes halogenated alkanes) is 2. The molecule has 2 unspecified atom stereocenters. The Morgan fingerprint density at radius 3 is 1.78 bits per heavy atom. The molecule has 1 aromatic carbocycles. The third-order valence-electron chi connectivity index (χ3n) is 7.05. The van der Waals surface area contributed by atoms with E-state index in [0.29, 0.717) is 11.8 Å². The van der Waals surface area contributed by atoms with Crippen molar-refractivity contribution in [1.82, 2.24) is 0 Å². The molecule has 2 heterocycles. The van der Waals surface area contributed by atoms with Crippen LogP contribution in [0.2, 0.25) is 24.7 Å². The van der Waals surface area contributed by atoms with E-state index in [0.717, 1.165) is 24.7 Å². The second-order valence-electron chi connectivity index (χ2n) is 11.4. The number of thiophene rings is 2. The van der Waals surface area contributed by atoms with E-state index in [9.17, 15) is 0 Å². The Labute approximate surface area is 250 Å². The van der Waals surface area contributed by atoms with Crippen LogP contribution in [0.5, 0.6) is 11.5 Å². The van der Waals surface area contributed by atoms with Crippen molar-refractivity contribution < 1.29 is 9.47 Å². The molecule has 2 atom stereocenters. The second kappa shape index (κ2) is 17.2. The molecule has 3 rings (SSSR count). The SMILES string of the molecule is CCCCC(CC)COc1c2c[c]([Sn]([CH3])([CH3])[CH3])sc2c(OCC(CC)CCCC)c2ccsc12.[CH3][Sn][CH3]. The van der Waals surface area contributed by atoms with Gasteiger partial charge in [-0.2, -0.15) is 0 Å². The Bertz CT molecular complexity index is 979. The Morgan fingerprint density at radius 1 is 0.811 bits per heavy atom. The molecule has 0 amide bonds. The van der Waals surface area contributed by atoms with Gasteiger partial charge in [-0.3, -0.25) is 0 Å². The van der Waals surface area contributed by atoms with Crippen molar-refractivity contribution in [2.24, 2.45) is 11.8 Å². The van der Waals surface area contributed by atoms with E-state index in [2.05, 4.69) is 69.9 Å². The molecule has 0 fully saturated rings.